The molecule has 0 aliphatic heterocycles. The zero-order valence-corrected chi connectivity index (χ0v) is 17.3. The highest BCUT2D eigenvalue weighted by Crippen LogP contribution is 2.40. The lowest BCUT2D eigenvalue weighted by molar-refractivity contribution is 0.0698. The standard InChI is InChI=1S/C19H14ClNO3S3/c1-9-6-10(20)2-3-11(9)12-8-26-18(16(12)19(23)24)21-17(22)15-7-14-13(27-15)4-5-25-14/h2-5,7-9H,6H2,1H3,(H,21,22)(H,23,24). The van der Waals surface area contributed by atoms with E-state index in [9.17, 15) is 14.7 Å². The number of nitrogens with one attached hydrogen (secondary N) is 1. The summed E-state index contributed by atoms with van der Waals surface area (Å²) in [6, 6.07) is 3.82. The molecule has 0 saturated heterocycles. The summed E-state index contributed by atoms with van der Waals surface area (Å²) < 4.78 is 2.11. The van der Waals surface area contributed by atoms with Crippen LogP contribution in [0.3, 0.4) is 0 Å². The van der Waals surface area contributed by atoms with Gasteiger partial charge in [-0.1, -0.05) is 24.6 Å². The van der Waals surface area contributed by atoms with E-state index in [0.29, 0.717) is 21.9 Å². The van der Waals surface area contributed by atoms with Gasteiger partial charge < -0.3 is 10.4 Å². The lowest BCUT2D eigenvalue weighted by Crippen LogP contribution is -2.13. The van der Waals surface area contributed by atoms with Crippen LogP contribution in [0.2, 0.25) is 0 Å². The molecule has 4 rings (SSSR count). The number of anilines is 1. The number of hydrogen-bond acceptors (Lipinski definition) is 5. The summed E-state index contributed by atoms with van der Waals surface area (Å²) in [5, 5.41) is 17.4. The molecule has 3 heterocycles. The number of amides is 1. The normalized spacial score (nSPS) is 16.9. The van der Waals surface area contributed by atoms with Gasteiger partial charge in [-0.05, 0) is 41.5 Å². The van der Waals surface area contributed by atoms with Crippen LogP contribution < -0.4 is 5.32 Å². The van der Waals surface area contributed by atoms with Gasteiger partial charge in [-0.25, -0.2) is 4.79 Å². The van der Waals surface area contributed by atoms with Gasteiger partial charge in [0.2, 0.25) is 0 Å². The van der Waals surface area contributed by atoms with Crippen LogP contribution in [0.15, 0.2) is 40.1 Å². The van der Waals surface area contributed by atoms with E-state index in [-0.39, 0.29) is 17.4 Å². The van der Waals surface area contributed by atoms with Gasteiger partial charge in [0, 0.05) is 25.4 Å². The first-order chi connectivity index (χ1) is 12.9. The molecular weight excluding hydrogens is 422 g/mol. The van der Waals surface area contributed by atoms with Crippen molar-refractivity contribution in [2.45, 2.75) is 13.3 Å². The third-order valence-corrected chi connectivity index (χ3v) is 7.65. The number of fused-ring (bicyclic) bond motifs is 1. The zero-order valence-electron chi connectivity index (χ0n) is 14.1. The first-order valence-corrected chi connectivity index (χ1v) is 11.1. The fraction of sp³-hybridized carbons (Fsp3) is 0.158. The monoisotopic (exact) mass is 435 g/mol. The second-order valence-corrected chi connectivity index (χ2v) is 9.61. The van der Waals surface area contributed by atoms with E-state index in [1.54, 1.807) is 22.8 Å². The summed E-state index contributed by atoms with van der Waals surface area (Å²) >= 11 is 10.3. The third kappa shape index (κ3) is 3.48. The maximum absolute atomic E-state index is 12.6. The largest absolute Gasteiger partial charge is 0.478 e. The average Bonchev–Trinajstić information content (AvgIpc) is 3.28. The third-order valence-electron chi connectivity index (χ3n) is 4.38. The van der Waals surface area contributed by atoms with Crippen molar-refractivity contribution < 1.29 is 14.7 Å². The molecule has 0 bridgehead atoms. The maximum Gasteiger partial charge on any atom is 0.339 e. The number of aromatic carboxylic acids is 1. The molecule has 0 radical (unpaired) electrons. The molecule has 3 aromatic heterocycles. The van der Waals surface area contributed by atoms with Gasteiger partial charge in [0.15, 0.2) is 0 Å². The second-order valence-electron chi connectivity index (χ2n) is 6.21. The zero-order chi connectivity index (χ0) is 19.1. The number of carbonyl (C=O) groups excluding carboxylic acids is 1. The Morgan fingerprint density at radius 2 is 2.07 bits per heavy atom. The molecule has 1 unspecified atom stereocenters. The molecule has 1 aliphatic rings. The van der Waals surface area contributed by atoms with Gasteiger partial charge in [0.05, 0.1) is 4.88 Å². The van der Waals surface area contributed by atoms with Gasteiger partial charge in [0.25, 0.3) is 5.91 Å². The highest BCUT2D eigenvalue weighted by atomic mass is 35.5. The summed E-state index contributed by atoms with van der Waals surface area (Å²) in [6.07, 6.45) is 4.34. The topological polar surface area (TPSA) is 66.4 Å². The van der Waals surface area contributed by atoms with Crippen LogP contribution in [0.5, 0.6) is 0 Å². The minimum atomic E-state index is -1.05. The SMILES string of the molecule is CC1CC(Cl)=CC=C1c1csc(NC(=O)c2cc3sccc3s2)c1C(=O)O. The molecule has 4 nitrogen and oxygen atoms in total. The van der Waals surface area contributed by atoms with Gasteiger partial charge in [-0.2, -0.15) is 0 Å². The summed E-state index contributed by atoms with van der Waals surface area (Å²) in [6.45, 7) is 2.02. The molecule has 27 heavy (non-hydrogen) atoms. The number of allylic oxidation sites excluding steroid dienone is 4. The molecule has 1 atom stereocenters. The summed E-state index contributed by atoms with van der Waals surface area (Å²) in [5.74, 6) is -1.22. The number of carboxylic acid groups (broad SMARTS) is 1. The molecular formula is C19H14ClNO3S3. The molecule has 0 aromatic carbocycles. The minimum Gasteiger partial charge on any atom is -0.478 e. The molecule has 2 N–H and O–H groups in total. The van der Waals surface area contributed by atoms with Gasteiger partial charge in [-0.3, -0.25) is 4.79 Å². The molecule has 1 amide bonds. The predicted molar refractivity (Wildman–Crippen MR) is 115 cm³/mol. The molecule has 0 spiro atoms. The van der Waals surface area contributed by atoms with Crippen LogP contribution in [-0.2, 0) is 0 Å². The van der Waals surface area contributed by atoms with Crippen molar-refractivity contribution in [3.05, 3.63) is 56.1 Å². The van der Waals surface area contributed by atoms with Crippen LogP contribution >= 0.6 is 45.6 Å². The van der Waals surface area contributed by atoms with Crippen molar-refractivity contribution in [1.82, 2.24) is 0 Å². The molecule has 8 heteroatoms. The quantitative estimate of drug-likeness (QED) is 0.490. The molecule has 0 fully saturated rings. The van der Waals surface area contributed by atoms with Gasteiger partial charge in [0.1, 0.15) is 10.6 Å². The Hall–Kier alpha value is -1.93. The first kappa shape index (κ1) is 18.4. The fourth-order valence-electron chi connectivity index (χ4n) is 3.09. The lowest BCUT2D eigenvalue weighted by Gasteiger charge is -2.19. The van der Waals surface area contributed by atoms with Crippen LogP contribution in [0.25, 0.3) is 15.0 Å². The van der Waals surface area contributed by atoms with E-state index in [1.807, 2.05) is 30.5 Å². The van der Waals surface area contributed by atoms with Crippen molar-refractivity contribution in [1.29, 1.82) is 0 Å². The Kier molecular flexibility index (Phi) is 4.94. The molecule has 3 aromatic rings. The average molecular weight is 436 g/mol. The van der Waals surface area contributed by atoms with E-state index < -0.39 is 5.97 Å². The Morgan fingerprint density at radius 3 is 2.78 bits per heavy atom. The Bertz CT molecular complexity index is 1090. The lowest BCUT2D eigenvalue weighted by atomic mass is 9.87. The maximum atomic E-state index is 12.6. The highest BCUT2D eigenvalue weighted by molar-refractivity contribution is 7.28. The van der Waals surface area contributed by atoms with Crippen molar-refractivity contribution >= 4 is 77.5 Å². The molecule has 0 saturated carbocycles. The van der Waals surface area contributed by atoms with Crippen LogP contribution in [0, 0.1) is 5.92 Å². The van der Waals surface area contributed by atoms with E-state index in [1.165, 1.54) is 22.7 Å². The van der Waals surface area contributed by atoms with Gasteiger partial charge in [-0.15, -0.1) is 34.0 Å². The van der Waals surface area contributed by atoms with Gasteiger partial charge >= 0.3 is 5.97 Å². The van der Waals surface area contributed by atoms with E-state index in [0.717, 1.165) is 20.0 Å². The number of carbonyl (C=O) groups is 2. The number of hydrogen-bond donors (Lipinski definition) is 2. The van der Waals surface area contributed by atoms with Crippen LogP contribution in [0.1, 0.15) is 38.9 Å². The van der Waals surface area contributed by atoms with Crippen molar-refractivity contribution in [3.8, 4) is 0 Å². The fourth-order valence-corrected chi connectivity index (χ4v) is 6.34. The van der Waals surface area contributed by atoms with E-state index >= 15 is 0 Å². The Balaban J connectivity index is 1.67. The number of carboxylic acids is 1. The summed E-state index contributed by atoms with van der Waals surface area (Å²) in [5.41, 5.74) is 1.70. The van der Waals surface area contributed by atoms with Crippen LogP contribution in [0.4, 0.5) is 5.00 Å². The number of thiophene rings is 3. The first-order valence-electron chi connectivity index (χ1n) is 8.14. The Morgan fingerprint density at radius 1 is 1.26 bits per heavy atom. The minimum absolute atomic E-state index is 0.114. The second kappa shape index (κ2) is 7.24. The van der Waals surface area contributed by atoms with Crippen molar-refractivity contribution in [2.24, 2.45) is 5.92 Å². The van der Waals surface area contributed by atoms with E-state index in [2.05, 4.69) is 5.32 Å². The Labute approximate surface area is 172 Å². The smallest absolute Gasteiger partial charge is 0.339 e. The van der Waals surface area contributed by atoms with Crippen molar-refractivity contribution in [2.75, 3.05) is 5.32 Å². The van der Waals surface area contributed by atoms with Crippen LogP contribution in [-0.4, -0.2) is 17.0 Å². The molecule has 1 aliphatic carbocycles. The van der Waals surface area contributed by atoms with Crippen molar-refractivity contribution in [3.63, 3.8) is 0 Å². The summed E-state index contributed by atoms with van der Waals surface area (Å²) in [4.78, 5) is 25.1. The van der Waals surface area contributed by atoms with E-state index in [4.69, 9.17) is 11.6 Å². The number of halogens is 1. The predicted octanol–water partition coefficient (Wildman–Crippen LogP) is 6.52. The number of rotatable bonds is 4. The summed E-state index contributed by atoms with van der Waals surface area (Å²) in [7, 11) is 0. The molecule has 138 valence electrons. The highest BCUT2D eigenvalue weighted by Gasteiger charge is 2.26.